The zero-order chi connectivity index (χ0) is 15.4. The molecule has 21 heavy (non-hydrogen) atoms. The second kappa shape index (κ2) is 7.05. The maximum absolute atomic E-state index is 13.1. The van der Waals surface area contributed by atoms with Crippen LogP contribution in [0.1, 0.15) is 23.6 Å². The average molecular weight is 352 g/mol. The summed E-state index contributed by atoms with van der Waals surface area (Å²) in [6.45, 7) is 4.26. The molecule has 2 aromatic carbocycles. The Morgan fingerprint density at radius 3 is 2.62 bits per heavy atom. The average Bonchev–Trinajstić information content (AvgIpc) is 2.39. The maximum Gasteiger partial charge on any atom is 0.123 e. The standard InChI is InChI=1S/C17H19BrFNO/c1-11-7-16(19)5-3-13(11)10-21-17-6-4-15(18)9-14(17)8-12(2)20/h3-7,9,12H,8,10,20H2,1-2H3. The Bertz CT molecular complexity index is 628. The van der Waals surface area contributed by atoms with Crippen molar-refractivity contribution in [2.75, 3.05) is 0 Å². The van der Waals surface area contributed by atoms with Gasteiger partial charge >= 0.3 is 0 Å². The lowest BCUT2D eigenvalue weighted by Crippen LogP contribution is -2.18. The minimum atomic E-state index is -0.225. The molecule has 0 aliphatic rings. The van der Waals surface area contributed by atoms with Crippen LogP contribution in [0.25, 0.3) is 0 Å². The summed E-state index contributed by atoms with van der Waals surface area (Å²) in [5.74, 6) is 0.594. The van der Waals surface area contributed by atoms with Crippen molar-refractivity contribution in [3.05, 3.63) is 63.4 Å². The highest BCUT2D eigenvalue weighted by molar-refractivity contribution is 9.10. The number of aryl methyl sites for hydroxylation is 1. The summed E-state index contributed by atoms with van der Waals surface area (Å²) in [6.07, 6.45) is 0.747. The van der Waals surface area contributed by atoms with E-state index in [0.29, 0.717) is 6.61 Å². The third-order valence-corrected chi connectivity index (χ3v) is 3.75. The fourth-order valence-electron chi connectivity index (χ4n) is 2.17. The van der Waals surface area contributed by atoms with Gasteiger partial charge in [0.25, 0.3) is 0 Å². The van der Waals surface area contributed by atoms with Crippen LogP contribution in [-0.2, 0) is 13.0 Å². The molecule has 1 unspecified atom stereocenters. The molecule has 0 saturated heterocycles. The summed E-state index contributed by atoms with van der Waals surface area (Å²) in [4.78, 5) is 0. The molecule has 2 N–H and O–H groups in total. The lowest BCUT2D eigenvalue weighted by atomic mass is 10.1. The number of ether oxygens (including phenoxy) is 1. The Kier molecular flexibility index (Phi) is 5.37. The van der Waals surface area contributed by atoms with Crippen LogP contribution in [-0.4, -0.2) is 6.04 Å². The second-order valence-corrected chi connectivity index (χ2v) is 6.21. The van der Waals surface area contributed by atoms with E-state index in [0.717, 1.165) is 33.3 Å². The normalized spacial score (nSPS) is 12.2. The first-order valence-electron chi connectivity index (χ1n) is 6.87. The van der Waals surface area contributed by atoms with E-state index in [1.165, 1.54) is 12.1 Å². The minimum absolute atomic E-state index is 0.0641. The van der Waals surface area contributed by atoms with E-state index in [1.807, 2.05) is 32.0 Å². The molecule has 0 spiro atoms. The Labute approximate surface area is 133 Å². The predicted molar refractivity (Wildman–Crippen MR) is 87.0 cm³/mol. The fourth-order valence-corrected chi connectivity index (χ4v) is 2.58. The molecule has 4 heteroatoms. The van der Waals surface area contributed by atoms with Crippen LogP contribution in [0.3, 0.4) is 0 Å². The van der Waals surface area contributed by atoms with Gasteiger partial charge in [-0.1, -0.05) is 22.0 Å². The third-order valence-electron chi connectivity index (χ3n) is 3.25. The summed E-state index contributed by atoms with van der Waals surface area (Å²) in [6, 6.07) is 10.7. The molecule has 1 atom stereocenters. The van der Waals surface area contributed by atoms with Crippen LogP contribution in [0.5, 0.6) is 5.75 Å². The van der Waals surface area contributed by atoms with Gasteiger partial charge in [-0.25, -0.2) is 4.39 Å². The molecule has 0 heterocycles. The van der Waals surface area contributed by atoms with Crippen LogP contribution in [0, 0.1) is 12.7 Å². The Hall–Kier alpha value is -1.39. The summed E-state index contributed by atoms with van der Waals surface area (Å²) >= 11 is 3.46. The van der Waals surface area contributed by atoms with E-state index < -0.39 is 0 Å². The Balaban J connectivity index is 2.15. The smallest absolute Gasteiger partial charge is 0.123 e. The van der Waals surface area contributed by atoms with Crippen molar-refractivity contribution in [3.63, 3.8) is 0 Å². The monoisotopic (exact) mass is 351 g/mol. The quantitative estimate of drug-likeness (QED) is 0.868. The fraction of sp³-hybridized carbons (Fsp3) is 0.294. The molecule has 0 saturated carbocycles. The topological polar surface area (TPSA) is 35.2 Å². The van der Waals surface area contributed by atoms with Crippen LogP contribution >= 0.6 is 15.9 Å². The van der Waals surface area contributed by atoms with Gasteiger partial charge in [-0.2, -0.15) is 0 Å². The van der Waals surface area contributed by atoms with E-state index in [4.69, 9.17) is 10.5 Å². The molecular formula is C17H19BrFNO. The maximum atomic E-state index is 13.1. The summed E-state index contributed by atoms with van der Waals surface area (Å²) in [5, 5.41) is 0. The van der Waals surface area contributed by atoms with Crippen molar-refractivity contribution >= 4 is 15.9 Å². The Morgan fingerprint density at radius 2 is 1.95 bits per heavy atom. The van der Waals surface area contributed by atoms with E-state index in [-0.39, 0.29) is 11.9 Å². The predicted octanol–water partition coefficient (Wildman–Crippen LogP) is 4.37. The lowest BCUT2D eigenvalue weighted by Gasteiger charge is -2.14. The SMILES string of the molecule is Cc1cc(F)ccc1COc1ccc(Br)cc1CC(C)N. The van der Waals surface area contributed by atoms with E-state index >= 15 is 0 Å². The molecule has 0 amide bonds. The van der Waals surface area contributed by atoms with Crippen LogP contribution in [0.4, 0.5) is 4.39 Å². The molecule has 0 aliphatic heterocycles. The molecule has 2 nitrogen and oxygen atoms in total. The van der Waals surface area contributed by atoms with Crippen molar-refractivity contribution < 1.29 is 9.13 Å². The number of hydrogen-bond donors (Lipinski definition) is 1. The largest absolute Gasteiger partial charge is 0.489 e. The zero-order valence-corrected chi connectivity index (χ0v) is 13.8. The van der Waals surface area contributed by atoms with Gasteiger partial charge < -0.3 is 10.5 Å². The number of benzene rings is 2. The highest BCUT2D eigenvalue weighted by Crippen LogP contribution is 2.25. The summed E-state index contributed by atoms with van der Waals surface area (Å²) < 4.78 is 20.0. The van der Waals surface area contributed by atoms with E-state index in [9.17, 15) is 4.39 Å². The third kappa shape index (κ3) is 4.55. The molecule has 0 aromatic heterocycles. The number of halogens is 2. The number of rotatable bonds is 5. The summed E-state index contributed by atoms with van der Waals surface area (Å²) in [7, 11) is 0. The first-order chi connectivity index (χ1) is 9.95. The van der Waals surface area contributed by atoms with Gasteiger partial charge in [0.2, 0.25) is 0 Å². The van der Waals surface area contributed by atoms with Gasteiger partial charge in [-0.3, -0.25) is 0 Å². The lowest BCUT2D eigenvalue weighted by molar-refractivity contribution is 0.301. The molecular weight excluding hydrogens is 333 g/mol. The first-order valence-corrected chi connectivity index (χ1v) is 7.67. The minimum Gasteiger partial charge on any atom is -0.489 e. The van der Waals surface area contributed by atoms with Gasteiger partial charge in [-0.15, -0.1) is 0 Å². The van der Waals surface area contributed by atoms with Gasteiger partial charge in [0.15, 0.2) is 0 Å². The Morgan fingerprint density at radius 1 is 1.19 bits per heavy atom. The van der Waals surface area contributed by atoms with Gasteiger partial charge in [0.1, 0.15) is 18.2 Å². The first kappa shape index (κ1) is 16.0. The number of hydrogen-bond acceptors (Lipinski definition) is 2. The van der Waals surface area contributed by atoms with E-state index in [1.54, 1.807) is 6.07 Å². The number of nitrogens with two attached hydrogens (primary N) is 1. The molecule has 2 rings (SSSR count). The van der Waals surface area contributed by atoms with Crippen LogP contribution in [0.15, 0.2) is 40.9 Å². The second-order valence-electron chi connectivity index (χ2n) is 5.29. The van der Waals surface area contributed by atoms with Gasteiger partial charge in [0.05, 0.1) is 0 Å². The van der Waals surface area contributed by atoms with Crippen molar-refractivity contribution in [1.29, 1.82) is 0 Å². The molecule has 0 bridgehead atoms. The molecule has 112 valence electrons. The van der Waals surface area contributed by atoms with Crippen LogP contribution < -0.4 is 10.5 Å². The van der Waals surface area contributed by atoms with Crippen molar-refractivity contribution in [1.82, 2.24) is 0 Å². The van der Waals surface area contributed by atoms with Crippen molar-refractivity contribution in [2.45, 2.75) is 32.9 Å². The van der Waals surface area contributed by atoms with E-state index in [2.05, 4.69) is 15.9 Å². The van der Waals surface area contributed by atoms with Gasteiger partial charge in [0, 0.05) is 10.5 Å². The highest BCUT2D eigenvalue weighted by atomic mass is 79.9. The van der Waals surface area contributed by atoms with Gasteiger partial charge in [-0.05, 0) is 67.3 Å². The molecule has 0 radical (unpaired) electrons. The molecule has 0 aliphatic carbocycles. The van der Waals surface area contributed by atoms with Crippen molar-refractivity contribution in [3.8, 4) is 5.75 Å². The zero-order valence-electron chi connectivity index (χ0n) is 12.2. The highest BCUT2D eigenvalue weighted by Gasteiger charge is 2.08. The molecule has 0 fully saturated rings. The molecule has 2 aromatic rings. The van der Waals surface area contributed by atoms with Crippen molar-refractivity contribution in [2.24, 2.45) is 5.73 Å². The van der Waals surface area contributed by atoms with Crippen LogP contribution in [0.2, 0.25) is 0 Å². The summed E-state index contributed by atoms with van der Waals surface area (Å²) in [5.41, 5.74) is 8.82.